The topological polar surface area (TPSA) is 131 Å². The van der Waals surface area contributed by atoms with Gasteiger partial charge in [0.1, 0.15) is 0 Å². The van der Waals surface area contributed by atoms with Crippen molar-refractivity contribution in [2.24, 2.45) is 0 Å². The summed E-state index contributed by atoms with van der Waals surface area (Å²) in [7, 11) is 4.75. The van der Waals surface area contributed by atoms with Gasteiger partial charge in [-0.25, -0.2) is 9.97 Å². The van der Waals surface area contributed by atoms with Crippen LogP contribution in [0, 0.1) is 0 Å². The number of rotatable bonds is 6. The lowest BCUT2D eigenvalue weighted by atomic mass is 10.1. The Labute approximate surface area is 150 Å². The highest BCUT2D eigenvalue weighted by Crippen LogP contribution is 2.38. The fourth-order valence-electron chi connectivity index (χ4n) is 2.66. The molecule has 0 amide bonds. The van der Waals surface area contributed by atoms with E-state index in [0.29, 0.717) is 41.3 Å². The van der Waals surface area contributed by atoms with Crippen molar-refractivity contribution in [2.45, 2.75) is 12.8 Å². The highest BCUT2D eigenvalue weighted by molar-refractivity contribution is 5.81. The summed E-state index contributed by atoms with van der Waals surface area (Å²) in [6, 6.07) is 3.82. The van der Waals surface area contributed by atoms with Crippen LogP contribution in [0.3, 0.4) is 0 Å². The van der Waals surface area contributed by atoms with Crippen molar-refractivity contribution in [1.82, 2.24) is 19.9 Å². The summed E-state index contributed by atoms with van der Waals surface area (Å²) in [5.74, 6) is 2.08. The van der Waals surface area contributed by atoms with E-state index in [-0.39, 0.29) is 11.8 Å². The van der Waals surface area contributed by atoms with Gasteiger partial charge >= 0.3 is 0 Å². The molecule has 1 aromatic carbocycles. The number of nitrogen functional groups attached to an aromatic ring is 2. The minimum Gasteiger partial charge on any atom is -0.493 e. The fraction of sp³-hybridized carbons (Fsp3) is 0.294. The van der Waals surface area contributed by atoms with E-state index in [9.17, 15) is 0 Å². The Morgan fingerprint density at radius 3 is 2.19 bits per heavy atom. The Morgan fingerprint density at radius 2 is 1.58 bits per heavy atom. The van der Waals surface area contributed by atoms with Gasteiger partial charge in [-0.05, 0) is 30.5 Å². The summed E-state index contributed by atoms with van der Waals surface area (Å²) >= 11 is 0. The van der Waals surface area contributed by atoms with Crippen LogP contribution in [0.4, 0.5) is 11.8 Å². The summed E-state index contributed by atoms with van der Waals surface area (Å²) in [6.07, 6.45) is 3.00. The number of benzene rings is 1. The minimum atomic E-state index is 0.0782. The van der Waals surface area contributed by atoms with Gasteiger partial charge in [0, 0.05) is 0 Å². The van der Waals surface area contributed by atoms with Crippen molar-refractivity contribution in [3.05, 3.63) is 29.6 Å². The Hall–Kier alpha value is -3.36. The number of nitrogens with zero attached hydrogens (tertiary/aromatic N) is 4. The van der Waals surface area contributed by atoms with Crippen LogP contribution in [-0.4, -0.2) is 41.3 Å². The molecule has 0 saturated heterocycles. The molecular formula is C17H20N6O3. The molecule has 0 atom stereocenters. The Morgan fingerprint density at radius 1 is 0.885 bits per heavy atom. The van der Waals surface area contributed by atoms with E-state index in [0.717, 1.165) is 11.3 Å². The average Bonchev–Trinajstić information content (AvgIpc) is 2.65. The number of nitrogens with two attached hydrogens (primary N) is 2. The highest BCUT2D eigenvalue weighted by atomic mass is 16.5. The molecule has 0 spiro atoms. The smallest absolute Gasteiger partial charge is 0.224 e. The standard InChI is InChI=1S/C17H20N6O3/c1-24-11-6-9(7-12(25-2)14(11)26-3)4-5-10-8-20-16-13(21-10)15(18)22-17(19)23-16/h6-8H,4-5H2,1-3H3,(H4,18,19,20,22,23). The Bertz CT molecular complexity index is 922. The van der Waals surface area contributed by atoms with Crippen LogP contribution in [0.2, 0.25) is 0 Å². The first-order chi connectivity index (χ1) is 12.5. The van der Waals surface area contributed by atoms with E-state index in [1.54, 1.807) is 27.5 Å². The van der Waals surface area contributed by atoms with Crippen LogP contribution in [0.15, 0.2) is 18.3 Å². The van der Waals surface area contributed by atoms with Gasteiger partial charge in [0.15, 0.2) is 28.5 Å². The van der Waals surface area contributed by atoms with Gasteiger partial charge in [0.05, 0.1) is 33.2 Å². The van der Waals surface area contributed by atoms with Gasteiger partial charge in [0.2, 0.25) is 11.7 Å². The lowest BCUT2D eigenvalue weighted by Crippen LogP contribution is -2.05. The number of aromatic nitrogens is 4. The van der Waals surface area contributed by atoms with Gasteiger partial charge in [0.25, 0.3) is 0 Å². The number of hydrogen-bond donors (Lipinski definition) is 2. The predicted octanol–water partition coefficient (Wildman–Crippen LogP) is 1.40. The van der Waals surface area contributed by atoms with Gasteiger partial charge in [-0.1, -0.05) is 0 Å². The summed E-state index contributed by atoms with van der Waals surface area (Å²) in [5.41, 5.74) is 14.0. The van der Waals surface area contributed by atoms with Crippen LogP contribution >= 0.6 is 0 Å². The molecule has 0 radical (unpaired) electrons. The molecular weight excluding hydrogens is 336 g/mol. The van der Waals surface area contributed by atoms with Crippen molar-refractivity contribution < 1.29 is 14.2 Å². The van der Waals surface area contributed by atoms with E-state index in [1.807, 2.05) is 12.1 Å². The predicted molar refractivity (Wildman–Crippen MR) is 97.5 cm³/mol. The Balaban J connectivity index is 1.86. The maximum absolute atomic E-state index is 5.86. The summed E-state index contributed by atoms with van der Waals surface area (Å²) in [4.78, 5) is 16.7. The zero-order chi connectivity index (χ0) is 18.7. The SMILES string of the molecule is COc1cc(CCc2cnc3nc(N)nc(N)c3n2)cc(OC)c1OC. The third kappa shape index (κ3) is 3.37. The molecule has 0 bridgehead atoms. The normalized spacial score (nSPS) is 10.7. The number of fused-ring (bicyclic) bond motifs is 1. The molecule has 4 N–H and O–H groups in total. The molecule has 0 aliphatic carbocycles. The van der Waals surface area contributed by atoms with E-state index < -0.39 is 0 Å². The second kappa shape index (κ2) is 7.26. The van der Waals surface area contributed by atoms with Crippen molar-refractivity contribution in [2.75, 3.05) is 32.8 Å². The van der Waals surface area contributed by atoms with Crippen LogP contribution < -0.4 is 25.7 Å². The average molecular weight is 356 g/mol. The summed E-state index contributed by atoms with van der Waals surface area (Å²) in [6.45, 7) is 0. The van der Waals surface area contributed by atoms with Gasteiger partial charge in [-0.3, -0.25) is 0 Å². The third-order valence-electron chi connectivity index (χ3n) is 3.90. The molecule has 0 unspecified atom stereocenters. The number of aryl methyl sites for hydroxylation is 2. The van der Waals surface area contributed by atoms with E-state index in [1.165, 1.54) is 0 Å². The molecule has 0 saturated carbocycles. The molecule has 0 fully saturated rings. The zero-order valence-corrected chi connectivity index (χ0v) is 14.8. The molecule has 136 valence electrons. The lowest BCUT2D eigenvalue weighted by Gasteiger charge is -2.14. The summed E-state index contributed by atoms with van der Waals surface area (Å²) < 4.78 is 16.1. The van der Waals surface area contributed by atoms with Gasteiger partial charge < -0.3 is 25.7 Å². The Kier molecular flexibility index (Phi) is 4.87. The number of ether oxygens (including phenoxy) is 3. The minimum absolute atomic E-state index is 0.0782. The van der Waals surface area contributed by atoms with Gasteiger partial charge in [-0.2, -0.15) is 9.97 Å². The first-order valence-corrected chi connectivity index (χ1v) is 7.89. The molecule has 0 aliphatic heterocycles. The summed E-state index contributed by atoms with van der Waals surface area (Å²) in [5, 5.41) is 0. The van der Waals surface area contributed by atoms with Gasteiger partial charge in [-0.15, -0.1) is 0 Å². The number of methoxy groups -OCH3 is 3. The van der Waals surface area contributed by atoms with Crippen molar-refractivity contribution in [1.29, 1.82) is 0 Å². The number of anilines is 2. The van der Waals surface area contributed by atoms with E-state index in [4.69, 9.17) is 25.7 Å². The van der Waals surface area contributed by atoms with E-state index >= 15 is 0 Å². The molecule has 9 nitrogen and oxygen atoms in total. The van der Waals surface area contributed by atoms with Crippen LogP contribution in [0.25, 0.3) is 11.2 Å². The molecule has 2 heterocycles. The lowest BCUT2D eigenvalue weighted by molar-refractivity contribution is 0.324. The zero-order valence-electron chi connectivity index (χ0n) is 14.8. The van der Waals surface area contributed by atoms with Crippen molar-refractivity contribution >= 4 is 22.9 Å². The molecule has 26 heavy (non-hydrogen) atoms. The molecule has 9 heteroatoms. The molecule has 0 aliphatic rings. The van der Waals surface area contributed by atoms with Crippen LogP contribution in [0.1, 0.15) is 11.3 Å². The monoisotopic (exact) mass is 356 g/mol. The second-order valence-electron chi connectivity index (χ2n) is 5.53. The maximum atomic E-state index is 5.86. The molecule has 3 aromatic rings. The first-order valence-electron chi connectivity index (χ1n) is 7.89. The number of hydrogen-bond acceptors (Lipinski definition) is 9. The highest BCUT2D eigenvalue weighted by Gasteiger charge is 2.14. The quantitative estimate of drug-likeness (QED) is 0.672. The van der Waals surface area contributed by atoms with E-state index in [2.05, 4.69) is 19.9 Å². The maximum Gasteiger partial charge on any atom is 0.224 e. The van der Waals surface area contributed by atoms with Crippen LogP contribution in [-0.2, 0) is 12.8 Å². The van der Waals surface area contributed by atoms with Crippen molar-refractivity contribution in [3.63, 3.8) is 0 Å². The molecule has 2 aromatic heterocycles. The van der Waals surface area contributed by atoms with Crippen molar-refractivity contribution in [3.8, 4) is 17.2 Å². The second-order valence-corrected chi connectivity index (χ2v) is 5.53. The fourth-order valence-corrected chi connectivity index (χ4v) is 2.66. The van der Waals surface area contributed by atoms with Crippen LogP contribution in [0.5, 0.6) is 17.2 Å². The molecule has 3 rings (SSSR count). The third-order valence-corrected chi connectivity index (χ3v) is 3.90. The largest absolute Gasteiger partial charge is 0.493 e. The first kappa shape index (κ1) is 17.5.